The molecule has 1 aromatic carbocycles. The monoisotopic (exact) mass is 379 g/mol. The third-order valence-corrected chi connectivity index (χ3v) is 3.14. The summed E-state index contributed by atoms with van der Waals surface area (Å²) in [5, 5.41) is 17.1. The van der Waals surface area contributed by atoms with Crippen LogP contribution in [0.15, 0.2) is 35.7 Å². The van der Waals surface area contributed by atoms with E-state index in [1.54, 1.807) is 0 Å². The van der Waals surface area contributed by atoms with Crippen LogP contribution in [0.2, 0.25) is 0 Å². The summed E-state index contributed by atoms with van der Waals surface area (Å²) in [6.07, 6.45) is -3.39. The molecule has 0 aliphatic carbocycles. The minimum absolute atomic E-state index is 0.0110. The number of alkyl halides is 3. The summed E-state index contributed by atoms with van der Waals surface area (Å²) in [6, 6.07) is 5.41. The fourth-order valence-electron chi connectivity index (χ4n) is 1.88. The molecule has 4 N–H and O–H groups in total. The van der Waals surface area contributed by atoms with Crippen molar-refractivity contribution in [2.75, 3.05) is 17.8 Å². The van der Waals surface area contributed by atoms with E-state index in [1.807, 2.05) is 0 Å². The number of hydrogen-bond acceptors (Lipinski definition) is 6. The van der Waals surface area contributed by atoms with Crippen LogP contribution < -0.4 is 16.1 Å². The van der Waals surface area contributed by atoms with Gasteiger partial charge in [0.1, 0.15) is 11.8 Å². The Bertz CT molecular complexity index is 928. The number of amides is 2. The minimum atomic E-state index is -4.58. The third kappa shape index (κ3) is 4.82. The van der Waals surface area contributed by atoms with Crippen LogP contribution in [0.25, 0.3) is 0 Å². The molecule has 2 aromatic rings. The predicted octanol–water partition coefficient (Wildman–Crippen LogP) is 1.72. The van der Waals surface area contributed by atoms with Crippen LogP contribution in [0.4, 0.5) is 24.7 Å². The van der Waals surface area contributed by atoms with E-state index in [2.05, 4.69) is 31.1 Å². The molecule has 2 amide bonds. The van der Waals surface area contributed by atoms with Gasteiger partial charge in [-0.15, -0.1) is 0 Å². The van der Waals surface area contributed by atoms with E-state index in [0.29, 0.717) is 0 Å². The van der Waals surface area contributed by atoms with Crippen molar-refractivity contribution in [3.8, 4) is 6.07 Å². The SMILES string of the molecule is CNC(=O)c1[nH]cnc1NN=C(C#N)C(=O)Nc1cccc(C(F)(F)F)c1. The normalized spacial score (nSPS) is 11.4. The highest BCUT2D eigenvalue weighted by Crippen LogP contribution is 2.30. The number of carbonyl (C=O) groups is 2. The van der Waals surface area contributed by atoms with Crippen LogP contribution in [0.1, 0.15) is 16.1 Å². The van der Waals surface area contributed by atoms with Gasteiger partial charge in [-0.1, -0.05) is 6.07 Å². The van der Waals surface area contributed by atoms with Crippen molar-refractivity contribution in [2.45, 2.75) is 6.18 Å². The first-order valence-electron chi connectivity index (χ1n) is 7.24. The number of nitrogens with one attached hydrogen (secondary N) is 4. The van der Waals surface area contributed by atoms with Crippen molar-refractivity contribution in [1.29, 1.82) is 5.26 Å². The number of benzene rings is 1. The van der Waals surface area contributed by atoms with E-state index in [1.165, 1.54) is 25.5 Å². The molecule has 140 valence electrons. The summed E-state index contributed by atoms with van der Waals surface area (Å²) in [7, 11) is 1.39. The van der Waals surface area contributed by atoms with Gasteiger partial charge >= 0.3 is 6.18 Å². The maximum absolute atomic E-state index is 12.7. The first-order chi connectivity index (χ1) is 12.8. The van der Waals surface area contributed by atoms with Crippen LogP contribution in [-0.4, -0.2) is 34.5 Å². The van der Waals surface area contributed by atoms with Gasteiger partial charge in [0.15, 0.2) is 5.82 Å². The zero-order chi connectivity index (χ0) is 20.0. The molecular weight excluding hydrogens is 367 g/mol. The van der Waals surface area contributed by atoms with Gasteiger partial charge in [-0.25, -0.2) is 4.98 Å². The van der Waals surface area contributed by atoms with Gasteiger partial charge in [-0.05, 0) is 18.2 Å². The number of aromatic nitrogens is 2. The van der Waals surface area contributed by atoms with Crippen molar-refractivity contribution in [1.82, 2.24) is 15.3 Å². The molecule has 0 aliphatic heterocycles. The Morgan fingerprint density at radius 2 is 2.07 bits per heavy atom. The molecule has 0 atom stereocenters. The van der Waals surface area contributed by atoms with Gasteiger partial charge < -0.3 is 15.6 Å². The average molecular weight is 379 g/mol. The van der Waals surface area contributed by atoms with E-state index < -0.39 is 29.3 Å². The van der Waals surface area contributed by atoms with Gasteiger partial charge in [0.25, 0.3) is 11.8 Å². The first kappa shape index (κ1) is 19.4. The Kier molecular flexibility index (Phi) is 5.76. The molecule has 0 unspecified atom stereocenters. The number of rotatable bonds is 5. The Balaban J connectivity index is 2.15. The molecule has 0 saturated heterocycles. The first-order valence-corrected chi connectivity index (χ1v) is 7.24. The van der Waals surface area contributed by atoms with Crippen LogP contribution in [0, 0.1) is 11.3 Å². The fourth-order valence-corrected chi connectivity index (χ4v) is 1.88. The Hall–Kier alpha value is -3.88. The number of nitriles is 1. The van der Waals surface area contributed by atoms with Crippen molar-refractivity contribution in [3.63, 3.8) is 0 Å². The fraction of sp³-hybridized carbons (Fsp3) is 0.133. The number of imidazole rings is 1. The third-order valence-electron chi connectivity index (χ3n) is 3.14. The van der Waals surface area contributed by atoms with E-state index in [4.69, 9.17) is 5.26 Å². The smallest absolute Gasteiger partial charge is 0.354 e. The number of carbonyl (C=O) groups excluding carboxylic acids is 2. The van der Waals surface area contributed by atoms with E-state index in [9.17, 15) is 22.8 Å². The number of hydrogen-bond donors (Lipinski definition) is 4. The summed E-state index contributed by atoms with van der Waals surface area (Å²) in [6.45, 7) is 0. The maximum Gasteiger partial charge on any atom is 0.416 e. The van der Waals surface area contributed by atoms with E-state index in [-0.39, 0.29) is 17.2 Å². The Morgan fingerprint density at radius 3 is 2.70 bits per heavy atom. The van der Waals surface area contributed by atoms with Gasteiger partial charge in [0.05, 0.1) is 11.9 Å². The van der Waals surface area contributed by atoms with Gasteiger partial charge in [-0.2, -0.15) is 23.5 Å². The average Bonchev–Trinajstić information content (AvgIpc) is 3.09. The second-order valence-electron chi connectivity index (χ2n) is 4.92. The van der Waals surface area contributed by atoms with Gasteiger partial charge in [0.2, 0.25) is 5.71 Å². The number of aromatic amines is 1. The molecule has 2 rings (SSSR count). The molecule has 0 bridgehead atoms. The van der Waals surface area contributed by atoms with Crippen LogP contribution in [0.3, 0.4) is 0 Å². The lowest BCUT2D eigenvalue weighted by atomic mass is 10.2. The largest absolute Gasteiger partial charge is 0.416 e. The summed E-state index contributed by atoms with van der Waals surface area (Å²) < 4.78 is 38.1. The van der Waals surface area contributed by atoms with Gasteiger partial charge in [0, 0.05) is 12.7 Å². The molecule has 0 fully saturated rings. The maximum atomic E-state index is 12.7. The standard InChI is InChI=1S/C15H12F3N7O2/c1-20-14(27)11-12(22-7-21-11)25-24-10(6-19)13(26)23-9-4-2-3-8(5-9)15(16,17)18/h2-5,7,25H,1H3,(H,20,27)(H,21,22)(H,23,26). The Labute approximate surface area is 150 Å². The van der Waals surface area contributed by atoms with Crippen molar-refractivity contribution in [2.24, 2.45) is 5.10 Å². The molecule has 0 radical (unpaired) electrons. The highest BCUT2D eigenvalue weighted by atomic mass is 19.4. The molecular formula is C15H12F3N7O2. The second kappa shape index (κ2) is 8.00. The lowest BCUT2D eigenvalue weighted by Crippen LogP contribution is -2.23. The zero-order valence-corrected chi connectivity index (χ0v) is 13.7. The molecule has 0 spiro atoms. The topological polar surface area (TPSA) is 135 Å². The predicted molar refractivity (Wildman–Crippen MR) is 88.7 cm³/mol. The van der Waals surface area contributed by atoms with Gasteiger partial charge in [-0.3, -0.25) is 15.0 Å². The van der Waals surface area contributed by atoms with Crippen LogP contribution in [0.5, 0.6) is 0 Å². The molecule has 9 nitrogen and oxygen atoms in total. The molecule has 12 heteroatoms. The Morgan fingerprint density at radius 1 is 1.33 bits per heavy atom. The highest BCUT2D eigenvalue weighted by Gasteiger charge is 2.30. The number of H-pyrrole nitrogens is 1. The summed E-state index contributed by atoms with van der Waals surface area (Å²) in [4.78, 5) is 30.0. The van der Waals surface area contributed by atoms with E-state index in [0.717, 1.165) is 18.2 Å². The van der Waals surface area contributed by atoms with Crippen LogP contribution in [-0.2, 0) is 11.0 Å². The summed E-state index contributed by atoms with van der Waals surface area (Å²) >= 11 is 0. The second-order valence-corrected chi connectivity index (χ2v) is 4.92. The molecule has 1 heterocycles. The number of anilines is 2. The number of hydrazone groups is 1. The molecule has 27 heavy (non-hydrogen) atoms. The molecule has 1 aromatic heterocycles. The molecule has 0 aliphatic rings. The lowest BCUT2D eigenvalue weighted by molar-refractivity contribution is -0.137. The summed E-state index contributed by atoms with van der Waals surface area (Å²) in [5.41, 5.74) is 0.491. The number of nitrogens with zero attached hydrogens (tertiary/aromatic N) is 3. The molecule has 0 saturated carbocycles. The van der Waals surface area contributed by atoms with Crippen LogP contribution >= 0.6 is 0 Å². The van der Waals surface area contributed by atoms with Crippen molar-refractivity contribution in [3.05, 3.63) is 41.9 Å². The number of halogens is 3. The van der Waals surface area contributed by atoms with Crippen molar-refractivity contribution < 1.29 is 22.8 Å². The zero-order valence-electron chi connectivity index (χ0n) is 13.7. The van der Waals surface area contributed by atoms with E-state index >= 15 is 0 Å². The minimum Gasteiger partial charge on any atom is -0.354 e. The van der Waals surface area contributed by atoms with Crippen molar-refractivity contribution >= 4 is 29.0 Å². The quantitative estimate of drug-likeness (QED) is 0.463. The highest BCUT2D eigenvalue weighted by molar-refractivity contribution is 6.48. The lowest BCUT2D eigenvalue weighted by Gasteiger charge is -2.09. The summed E-state index contributed by atoms with van der Waals surface area (Å²) in [5.74, 6) is -1.60.